The molecule has 4 unspecified atom stereocenters. The number of anilines is 1. The molecule has 0 radical (unpaired) electrons. The number of benzene rings is 1. The van der Waals surface area contributed by atoms with Crippen LogP contribution in [0.1, 0.15) is 72.1 Å². The number of aryl methyl sites for hydroxylation is 1. The number of aromatic nitrogens is 2. The first-order valence-electron chi connectivity index (χ1n) is 14.8. The van der Waals surface area contributed by atoms with Crippen LogP contribution in [-0.4, -0.2) is 85.0 Å². The average Bonchev–Trinajstić information content (AvgIpc) is 3.00. The SMILES string of the molecule is COC1COCCC1NC1CCN(C(=O)c2cc(NCC3CCCC(c4ccc(C)cc4)O3)nc(C(F)(F)F)n2)CC1. The predicted molar refractivity (Wildman–Crippen MR) is 150 cm³/mol. The first-order chi connectivity index (χ1) is 20.2. The summed E-state index contributed by atoms with van der Waals surface area (Å²) >= 11 is 0. The molecule has 2 N–H and O–H groups in total. The van der Waals surface area contributed by atoms with Gasteiger partial charge >= 0.3 is 6.18 Å². The molecule has 0 spiro atoms. The molecule has 4 heterocycles. The van der Waals surface area contributed by atoms with Crippen molar-refractivity contribution < 1.29 is 32.2 Å². The molecule has 1 aromatic heterocycles. The first kappa shape index (κ1) is 30.7. The highest BCUT2D eigenvalue weighted by molar-refractivity contribution is 5.93. The predicted octanol–water partition coefficient (Wildman–Crippen LogP) is 4.52. The molecule has 12 heteroatoms. The van der Waals surface area contributed by atoms with E-state index in [4.69, 9.17) is 14.2 Å². The summed E-state index contributed by atoms with van der Waals surface area (Å²) in [6.45, 7) is 4.34. The molecule has 230 valence electrons. The Labute approximate surface area is 244 Å². The molecular weight excluding hydrogens is 551 g/mol. The van der Waals surface area contributed by atoms with E-state index >= 15 is 0 Å². The number of methoxy groups -OCH3 is 1. The van der Waals surface area contributed by atoms with Crippen molar-refractivity contribution in [2.24, 2.45) is 0 Å². The number of carbonyl (C=O) groups excluding carboxylic acids is 1. The maximum Gasteiger partial charge on any atom is 0.451 e. The third-order valence-electron chi connectivity index (χ3n) is 8.35. The number of nitrogens with one attached hydrogen (secondary N) is 2. The van der Waals surface area contributed by atoms with E-state index in [1.54, 1.807) is 12.0 Å². The summed E-state index contributed by atoms with van der Waals surface area (Å²) in [6, 6.07) is 9.85. The lowest BCUT2D eigenvalue weighted by Gasteiger charge is -2.38. The van der Waals surface area contributed by atoms with Crippen LogP contribution in [0.3, 0.4) is 0 Å². The lowest BCUT2D eigenvalue weighted by Crippen LogP contribution is -2.54. The van der Waals surface area contributed by atoms with E-state index in [9.17, 15) is 18.0 Å². The molecule has 1 aromatic carbocycles. The number of halogens is 3. The zero-order valence-electron chi connectivity index (χ0n) is 24.2. The zero-order chi connectivity index (χ0) is 29.7. The number of hydrogen-bond acceptors (Lipinski definition) is 8. The van der Waals surface area contributed by atoms with E-state index in [0.717, 1.165) is 31.2 Å². The van der Waals surface area contributed by atoms with E-state index in [1.807, 2.05) is 31.2 Å². The Bertz CT molecular complexity index is 1190. The second kappa shape index (κ2) is 13.7. The number of carbonyl (C=O) groups is 1. The molecule has 9 nitrogen and oxygen atoms in total. The number of rotatable bonds is 8. The van der Waals surface area contributed by atoms with Crippen molar-refractivity contribution in [2.75, 3.05) is 45.3 Å². The van der Waals surface area contributed by atoms with Crippen LogP contribution in [0.2, 0.25) is 0 Å². The number of hydrogen-bond donors (Lipinski definition) is 2. The fourth-order valence-corrected chi connectivity index (χ4v) is 5.92. The van der Waals surface area contributed by atoms with E-state index in [0.29, 0.717) is 39.1 Å². The third-order valence-corrected chi connectivity index (χ3v) is 8.35. The van der Waals surface area contributed by atoms with Crippen LogP contribution < -0.4 is 10.6 Å². The molecule has 0 aliphatic carbocycles. The van der Waals surface area contributed by atoms with E-state index in [-0.39, 0.29) is 48.5 Å². The average molecular weight is 592 g/mol. The fourth-order valence-electron chi connectivity index (χ4n) is 5.92. The zero-order valence-corrected chi connectivity index (χ0v) is 24.2. The second-order valence-electron chi connectivity index (χ2n) is 11.4. The van der Waals surface area contributed by atoms with Crippen LogP contribution in [0, 0.1) is 6.92 Å². The van der Waals surface area contributed by atoms with Gasteiger partial charge in [0.25, 0.3) is 5.91 Å². The Balaban J connectivity index is 1.20. The molecule has 0 saturated carbocycles. The normalized spacial score (nSPS) is 25.8. The van der Waals surface area contributed by atoms with Crippen molar-refractivity contribution >= 4 is 11.7 Å². The number of alkyl halides is 3. The Hall–Kier alpha value is -2.80. The highest BCUT2D eigenvalue weighted by Crippen LogP contribution is 2.32. The monoisotopic (exact) mass is 591 g/mol. The van der Waals surface area contributed by atoms with Crippen molar-refractivity contribution in [1.82, 2.24) is 20.2 Å². The molecule has 42 heavy (non-hydrogen) atoms. The van der Waals surface area contributed by atoms with Gasteiger partial charge in [0, 0.05) is 51.5 Å². The summed E-state index contributed by atoms with van der Waals surface area (Å²) in [5.74, 6) is -1.90. The first-order valence-corrected chi connectivity index (χ1v) is 14.8. The molecule has 3 fully saturated rings. The standard InChI is InChI=1S/C30H40F3N5O4/c1-19-6-8-20(9-7-19)25-5-3-4-22(42-25)17-34-27-16-24(36-29(37-27)30(31,32)33)28(39)38-13-10-21(11-14-38)35-23-12-15-41-18-26(23)40-2/h6-9,16,21-23,25-26,35H,3-5,10-15,17-18H2,1-2H3,(H,34,36,37). The number of nitrogens with zero attached hydrogens (tertiary/aromatic N) is 3. The van der Waals surface area contributed by atoms with Crippen LogP contribution in [0.5, 0.6) is 0 Å². The second-order valence-corrected chi connectivity index (χ2v) is 11.4. The van der Waals surface area contributed by atoms with E-state index in [2.05, 4.69) is 20.6 Å². The summed E-state index contributed by atoms with van der Waals surface area (Å²) < 4.78 is 58.4. The highest BCUT2D eigenvalue weighted by Gasteiger charge is 2.37. The smallest absolute Gasteiger partial charge is 0.379 e. The molecular formula is C30H40F3N5O4. The number of likely N-dealkylation sites (tertiary alicyclic amines) is 1. The van der Waals surface area contributed by atoms with E-state index in [1.165, 1.54) is 11.6 Å². The van der Waals surface area contributed by atoms with Crippen molar-refractivity contribution in [3.63, 3.8) is 0 Å². The topological polar surface area (TPSA) is 97.8 Å². The van der Waals surface area contributed by atoms with Crippen molar-refractivity contribution in [1.29, 1.82) is 0 Å². The highest BCUT2D eigenvalue weighted by atomic mass is 19.4. The van der Waals surface area contributed by atoms with E-state index < -0.39 is 17.9 Å². The Morgan fingerprint density at radius 1 is 1.10 bits per heavy atom. The molecule has 3 saturated heterocycles. The number of amides is 1. The van der Waals surface area contributed by atoms with Gasteiger partial charge in [-0.25, -0.2) is 9.97 Å². The molecule has 3 aliphatic rings. The quantitative estimate of drug-likeness (QED) is 0.463. The Morgan fingerprint density at radius 3 is 2.57 bits per heavy atom. The van der Waals surface area contributed by atoms with Gasteiger partial charge < -0.3 is 29.7 Å². The summed E-state index contributed by atoms with van der Waals surface area (Å²) in [6.07, 6.45) is -0.269. The van der Waals surface area contributed by atoms with Gasteiger partial charge in [-0.05, 0) is 51.0 Å². The van der Waals surface area contributed by atoms with Crippen LogP contribution in [0.15, 0.2) is 30.3 Å². The largest absolute Gasteiger partial charge is 0.451 e. The summed E-state index contributed by atoms with van der Waals surface area (Å²) in [4.78, 5) is 22.2. The van der Waals surface area contributed by atoms with Gasteiger partial charge in [0.1, 0.15) is 11.5 Å². The molecule has 0 bridgehead atoms. The maximum absolute atomic E-state index is 13.7. The molecule has 3 aliphatic heterocycles. The third kappa shape index (κ3) is 7.77. The number of ether oxygens (including phenoxy) is 3. The van der Waals surface area contributed by atoms with Gasteiger partial charge in [-0.3, -0.25) is 4.79 Å². The summed E-state index contributed by atoms with van der Waals surface area (Å²) in [5, 5.41) is 6.61. The summed E-state index contributed by atoms with van der Waals surface area (Å²) in [7, 11) is 1.67. The number of piperidine rings is 1. The lowest BCUT2D eigenvalue weighted by molar-refractivity contribution is -0.144. The van der Waals surface area contributed by atoms with Gasteiger partial charge in [-0.15, -0.1) is 0 Å². The Morgan fingerprint density at radius 2 is 1.86 bits per heavy atom. The summed E-state index contributed by atoms with van der Waals surface area (Å²) in [5.41, 5.74) is 1.99. The Kier molecular flexibility index (Phi) is 9.97. The molecule has 2 aromatic rings. The minimum absolute atomic E-state index is 0.0290. The van der Waals surface area contributed by atoms with Crippen molar-refractivity contribution in [3.05, 3.63) is 53.0 Å². The van der Waals surface area contributed by atoms with Crippen LogP contribution in [0.25, 0.3) is 0 Å². The molecule has 1 amide bonds. The minimum Gasteiger partial charge on any atom is -0.379 e. The van der Waals surface area contributed by atoms with Gasteiger partial charge in [-0.2, -0.15) is 13.2 Å². The van der Waals surface area contributed by atoms with Crippen LogP contribution >= 0.6 is 0 Å². The van der Waals surface area contributed by atoms with Gasteiger partial charge in [-0.1, -0.05) is 29.8 Å². The van der Waals surface area contributed by atoms with Crippen LogP contribution in [0.4, 0.5) is 19.0 Å². The lowest BCUT2D eigenvalue weighted by atomic mass is 9.97. The molecule has 4 atom stereocenters. The maximum atomic E-state index is 13.7. The minimum atomic E-state index is -4.79. The van der Waals surface area contributed by atoms with Gasteiger partial charge in [0.15, 0.2) is 0 Å². The van der Waals surface area contributed by atoms with Crippen molar-refractivity contribution in [2.45, 2.75) is 82.0 Å². The fraction of sp³-hybridized carbons (Fsp3) is 0.633. The molecule has 5 rings (SSSR count). The van der Waals surface area contributed by atoms with Crippen LogP contribution in [-0.2, 0) is 20.4 Å². The van der Waals surface area contributed by atoms with Gasteiger partial charge in [0.2, 0.25) is 5.82 Å². The van der Waals surface area contributed by atoms with Gasteiger partial charge in [0.05, 0.1) is 24.9 Å². The van der Waals surface area contributed by atoms with Crippen molar-refractivity contribution in [3.8, 4) is 0 Å².